The number of benzene rings is 1. The molecule has 0 radical (unpaired) electrons. The molecule has 1 aromatic carbocycles. The van der Waals surface area contributed by atoms with Crippen LogP contribution in [-0.2, 0) is 25.4 Å². The smallest absolute Gasteiger partial charge is 0.411 e. The van der Waals surface area contributed by atoms with Crippen LogP contribution in [-0.4, -0.2) is 41.3 Å². The van der Waals surface area contributed by atoms with Crippen LogP contribution in [0.2, 0.25) is 0 Å². The quantitative estimate of drug-likeness (QED) is 0.607. The summed E-state index contributed by atoms with van der Waals surface area (Å²) in [6, 6.07) is 8.98. The lowest BCUT2D eigenvalue weighted by molar-refractivity contribution is -0.143. The van der Waals surface area contributed by atoms with Crippen molar-refractivity contribution in [3.63, 3.8) is 0 Å². The van der Waals surface area contributed by atoms with Gasteiger partial charge >= 0.3 is 12.1 Å². The maximum absolute atomic E-state index is 11.9. The molecule has 0 saturated carbocycles. The molecular weight excluding hydrogens is 297 g/mol. The molecule has 0 bridgehead atoms. The number of nitrogens with zero attached hydrogens (tertiary/aromatic N) is 1. The maximum Gasteiger partial charge on any atom is 0.411 e. The Bertz CT molecular complexity index is 493. The molecule has 21 heavy (non-hydrogen) atoms. The highest BCUT2D eigenvalue weighted by molar-refractivity contribution is 7.37. The van der Waals surface area contributed by atoms with Gasteiger partial charge in [-0.1, -0.05) is 30.3 Å². The van der Waals surface area contributed by atoms with Crippen LogP contribution in [0.15, 0.2) is 30.3 Å². The van der Waals surface area contributed by atoms with Gasteiger partial charge in [0.2, 0.25) is 8.03 Å². The third-order valence-electron chi connectivity index (χ3n) is 2.41. The first kappa shape index (κ1) is 17.2. The van der Waals surface area contributed by atoms with Gasteiger partial charge < -0.3 is 14.4 Å². The lowest BCUT2D eigenvalue weighted by atomic mass is 10.2. The third kappa shape index (κ3) is 6.92. The van der Waals surface area contributed by atoms with Crippen molar-refractivity contribution >= 4 is 20.1 Å². The maximum atomic E-state index is 11.9. The number of rotatable bonds is 7. The standard InChI is InChI=1S/C13H18NO6P/c1-2-19-12(15)8-14(10-21(17)18)13(16)20-9-11-6-4-3-5-7-11/h3-7,21H,2,8-10H2,1H3,(H,17,18). The molecule has 0 aliphatic carbocycles. The molecule has 1 rings (SSSR count). The highest BCUT2D eigenvalue weighted by atomic mass is 31.1. The van der Waals surface area contributed by atoms with Crippen LogP contribution in [0.1, 0.15) is 12.5 Å². The average molecular weight is 315 g/mol. The van der Waals surface area contributed by atoms with Gasteiger partial charge in [0.25, 0.3) is 0 Å². The van der Waals surface area contributed by atoms with Crippen LogP contribution in [0.5, 0.6) is 0 Å². The molecule has 0 saturated heterocycles. The van der Waals surface area contributed by atoms with Crippen LogP contribution >= 0.6 is 8.03 Å². The first-order valence-electron chi connectivity index (χ1n) is 6.36. The van der Waals surface area contributed by atoms with E-state index in [1.54, 1.807) is 31.2 Å². The fraction of sp³-hybridized carbons (Fsp3) is 0.385. The second-order valence-corrected chi connectivity index (χ2v) is 5.20. The minimum Gasteiger partial charge on any atom is -0.465 e. The number of carbonyl (C=O) groups excluding carboxylic acids is 2. The summed E-state index contributed by atoms with van der Waals surface area (Å²) >= 11 is 0. The Hall–Kier alpha value is -1.85. The molecule has 0 fully saturated rings. The fourth-order valence-electron chi connectivity index (χ4n) is 1.52. The molecule has 1 amide bonds. The molecule has 1 unspecified atom stereocenters. The van der Waals surface area contributed by atoms with Gasteiger partial charge in [-0.25, -0.2) is 4.79 Å². The number of ether oxygens (including phenoxy) is 2. The Balaban J connectivity index is 2.58. The predicted octanol–water partition coefficient (Wildman–Crippen LogP) is 1.61. The van der Waals surface area contributed by atoms with Gasteiger partial charge in [0, 0.05) is 0 Å². The van der Waals surface area contributed by atoms with E-state index in [2.05, 4.69) is 0 Å². The minimum atomic E-state index is -2.95. The summed E-state index contributed by atoms with van der Waals surface area (Å²) in [6.07, 6.45) is -1.28. The van der Waals surface area contributed by atoms with Crippen molar-refractivity contribution in [3.05, 3.63) is 35.9 Å². The van der Waals surface area contributed by atoms with E-state index in [0.717, 1.165) is 10.5 Å². The van der Waals surface area contributed by atoms with E-state index < -0.39 is 32.9 Å². The zero-order valence-electron chi connectivity index (χ0n) is 11.7. The van der Waals surface area contributed by atoms with Crippen LogP contribution in [0.3, 0.4) is 0 Å². The van der Waals surface area contributed by atoms with Gasteiger partial charge in [0.1, 0.15) is 13.2 Å². The SMILES string of the molecule is CCOC(=O)CN(C[PH](=O)O)C(=O)OCc1ccccc1. The number of amides is 1. The lowest BCUT2D eigenvalue weighted by Crippen LogP contribution is -2.36. The molecule has 1 N–H and O–H groups in total. The Kier molecular flexibility index (Phi) is 7.50. The first-order valence-corrected chi connectivity index (χ1v) is 7.92. The van der Waals surface area contributed by atoms with Crippen molar-refractivity contribution in [2.75, 3.05) is 19.4 Å². The topological polar surface area (TPSA) is 93.1 Å². The van der Waals surface area contributed by atoms with Gasteiger partial charge in [-0.15, -0.1) is 0 Å². The van der Waals surface area contributed by atoms with E-state index in [-0.39, 0.29) is 13.2 Å². The number of hydrogen-bond acceptors (Lipinski definition) is 5. The Morgan fingerprint density at radius 2 is 1.90 bits per heavy atom. The summed E-state index contributed by atoms with van der Waals surface area (Å²) < 4.78 is 20.6. The van der Waals surface area contributed by atoms with E-state index in [4.69, 9.17) is 14.4 Å². The molecule has 7 nitrogen and oxygen atoms in total. The zero-order chi connectivity index (χ0) is 15.7. The second kappa shape index (κ2) is 9.15. The van der Waals surface area contributed by atoms with E-state index in [9.17, 15) is 14.2 Å². The average Bonchev–Trinajstić information content (AvgIpc) is 2.45. The van der Waals surface area contributed by atoms with Gasteiger partial charge in [-0.2, -0.15) is 0 Å². The van der Waals surface area contributed by atoms with E-state index in [0.29, 0.717) is 0 Å². The van der Waals surface area contributed by atoms with Crippen LogP contribution in [0.4, 0.5) is 4.79 Å². The molecular formula is C13H18NO6P. The predicted molar refractivity (Wildman–Crippen MR) is 76.1 cm³/mol. The van der Waals surface area contributed by atoms with Crippen LogP contribution < -0.4 is 0 Å². The number of hydrogen-bond donors (Lipinski definition) is 1. The minimum absolute atomic E-state index is 0.0192. The van der Waals surface area contributed by atoms with E-state index >= 15 is 0 Å². The van der Waals surface area contributed by atoms with Crippen LogP contribution in [0.25, 0.3) is 0 Å². The van der Waals surface area contributed by atoms with Gasteiger partial charge in [-0.05, 0) is 12.5 Å². The molecule has 0 heterocycles. The van der Waals surface area contributed by atoms with Crippen molar-refractivity contribution in [1.29, 1.82) is 0 Å². The summed E-state index contributed by atoms with van der Waals surface area (Å²) in [4.78, 5) is 33.0. The molecule has 0 spiro atoms. The second-order valence-electron chi connectivity index (χ2n) is 4.10. The Labute approximate surface area is 123 Å². The number of esters is 1. The van der Waals surface area contributed by atoms with E-state index in [1.807, 2.05) is 6.07 Å². The highest BCUT2D eigenvalue weighted by Gasteiger charge is 2.21. The highest BCUT2D eigenvalue weighted by Crippen LogP contribution is 2.16. The fourth-order valence-corrected chi connectivity index (χ4v) is 2.09. The summed E-state index contributed by atoms with van der Waals surface area (Å²) in [5.41, 5.74) is 0.776. The summed E-state index contributed by atoms with van der Waals surface area (Å²) in [6.45, 7) is 1.40. The molecule has 1 aromatic rings. The lowest BCUT2D eigenvalue weighted by Gasteiger charge is -2.19. The molecule has 8 heteroatoms. The molecule has 0 aromatic heterocycles. The van der Waals surface area contributed by atoms with Gasteiger partial charge in [-0.3, -0.25) is 14.3 Å². The summed E-state index contributed by atoms with van der Waals surface area (Å²) in [5, 5.41) is 0. The van der Waals surface area contributed by atoms with Crippen molar-refractivity contribution in [1.82, 2.24) is 4.90 Å². The first-order chi connectivity index (χ1) is 10.0. The molecule has 116 valence electrons. The molecule has 0 aliphatic rings. The van der Waals surface area contributed by atoms with Gasteiger partial charge in [0.15, 0.2) is 0 Å². The molecule has 0 aliphatic heterocycles. The molecule has 1 atom stereocenters. The van der Waals surface area contributed by atoms with E-state index in [1.165, 1.54) is 0 Å². The van der Waals surface area contributed by atoms with Gasteiger partial charge in [0.05, 0.1) is 12.9 Å². The Morgan fingerprint density at radius 1 is 1.24 bits per heavy atom. The largest absolute Gasteiger partial charge is 0.465 e. The normalized spacial score (nSPS) is 11.5. The number of carbonyl (C=O) groups is 2. The van der Waals surface area contributed by atoms with Crippen molar-refractivity contribution in [3.8, 4) is 0 Å². The summed E-state index contributed by atoms with van der Waals surface area (Å²) in [5.74, 6) is -0.655. The zero-order valence-corrected chi connectivity index (χ0v) is 12.7. The van der Waals surface area contributed by atoms with Crippen molar-refractivity contribution in [2.45, 2.75) is 13.5 Å². The summed E-state index contributed by atoms with van der Waals surface area (Å²) in [7, 11) is -2.95. The third-order valence-corrected chi connectivity index (χ3v) is 3.07. The Morgan fingerprint density at radius 3 is 2.48 bits per heavy atom. The van der Waals surface area contributed by atoms with Crippen LogP contribution in [0, 0.1) is 0 Å². The monoisotopic (exact) mass is 315 g/mol. The van der Waals surface area contributed by atoms with Crippen molar-refractivity contribution < 1.29 is 28.5 Å². The van der Waals surface area contributed by atoms with Crippen molar-refractivity contribution in [2.24, 2.45) is 0 Å².